The SMILES string of the molecule is O=C(O)c1ccccc1Nc1cccc(Cl)c1-c1ccc2c(c1)OCO2. The molecule has 0 atom stereocenters. The first-order chi connectivity index (χ1) is 12.6. The van der Waals surface area contributed by atoms with E-state index in [2.05, 4.69) is 5.32 Å². The van der Waals surface area contributed by atoms with Gasteiger partial charge in [0.05, 0.1) is 16.3 Å². The first-order valence-corrected chi connectivity index (χ1v) is 8.29. The minimum Gasteiger partial charge on any atom is -0.478 e. The summed E-state index contributed by atoms with van der Waals surface area (Å²) in [7, 11) is 0. The molecule has 3 aromatic rings. The molecular weight excluding hydrogens is 354 g/mol. The average Bonchev–Trinajstić information content (AvgIpc) is 3.10. The van der Waals surface area contributed by atoms with Crippen LogP contribution in [0.2, 0.25) is 5.02 Å². The molecule has 0 radical (unpaired) electrons. The Kier molecular flexibility index (Phi) is 4.14. The number of nitrogens with one attached hydrogen (secondary N) is 1. The highest BCUT2D eigenvalue weighted by Gasteiger charge is 2.18. The lowest BCUT2D eigenvalue weighted by atomic mass is 10.0. The minimum atomic E-state index is -1.00. The van der Waals surface area contributed by atoms with Gasteiger partial charge in [0.25, 0.3) is 0 Å². The van der Waals surface area contributed by atoms with Gasteiger partial charge in [-0.25, -0.2) is 4.79 Å². The van der Waals surface area contributed by atoms with Crippen molar-refractivity contribution in [2.24, 2.45) is 0 Å². The molecule has 5 nitrogen and oxygen atoms in total. The van der Waals surface area contributed by atoms with Crippen molar-refractivity contribution in [2.75, 3.05) is 12.1 Å². The summed E-state index contributed by atoms with van der Waals surface area (Å²) in [6.45, 7) is 0.193. The lowest BCUT2D eigenvalue weighted by molar-refractivity contribution is 0.0698. The summed E-state index contributed by atoms with van der Waals surface area (Å²) in [5, 5.41) is 13.1. The molecule has 0 fully saturated rings. The Labute approximate surface area is 154 Å². The lowest BCUT2D eigenvalue weighted by Gasteiger charge is -2.15. The smallest absolute Gasteiger partial charge is 0.337 e. The number of benzene rings is 3. The van der Waals surface area contributed by atoms with Crippen molar-refractivity contribution in [2.45, 2.75) is 0 Å². The van der Waals surface area contributed by atoms with Crippen LogP contribution >= 0.6 is 11.6 Å². The number of para-hydroxylation sites is 1. The van der Waals surface area contributed by atoms with Crippen LogP contribution in [0.3, 0.4) is 0 Å². The van der Waals surface area contributed by atoms with Gasteiger partial charge < -0.3 is 19.9 Å². The molecule has 0 unspecified atom stereocenters. The van der Waals surface area contributed by atoms with Crippen molar-refractivity contribution >= 4 is 28.9 Å². The number of hydrogen-bond donors (Lipinski definition) is 2. The van der Waals surface area contributed by atoms with E-state index >= 15 is 0 Å². The Morgan fingerprint density at radius 3 is 2.58 bits per heavy atom. The quantitative estimate of drug-likeness (QED) is 0.665. The van der Waals surface area contributed by atoms with Gasteiger partial charge in [0.15, 0.2) is 11.5 Å². The van der Waals surface area contributed by atoms with Crippen LogP contribution in [0.4, 0.5) is 11.4 Å². The summed E-state index contributed by atoms with van der Waals surface area (Å²) in [5.74, 6) is 0.339. The Bertz CT molecular complexity index is 1000. The second-order valence-electron chi connectivity index (χ2n) is 5.71. The summed E-state index contributed by atoms with van der Waals surface area (Å²) >= 11 is 6.46. The van der Waals surface area contributed by atoms with Gasteiger partial charge in [-0.05, 0) is 42.0 Å². The Hall–Kier alpha value is -3.18. The van der Waals surface area contributed by atoms with Crippen molar-refractivity contribution in [3.05, 3.63) is 71.2 Å². The Morgan fingerprint density at radius 1 is 0.962 bits per heavy atom. The molecule has 1 aliphatic rings. The van der Waals surface area contributed by atoms with E-state index in [0.29, 0.717) is 27.9 Å². The highest BCUT2D eigenvalue weighted by molar-refractivity contribution is 6.34. The zero-order valence-electron chi connectivity index (χ0n) is 13.5. The monoisotopic (exact) mass is 367 g/mol. The molecule has 1 aliphatic heterocycles. The van der Waals surface area contributed by atoms with Crippen LogP contribution in [0.5, 0.6) is 11.5 Å². The highest BCUT2D eigenvalue weighted by Crippen LogP contribution is 2.41. The molecule has 3 aromatic carbocycles. The van der Waals surface area contributed by atoms with E-state index in [1.807, 2.05) is 30.3 Å². The van der Waals surface area contributed by atoms with Crippen LogP contribution in [-0.2, 0) is 0 Å². The van der Waals surface area contributed by atoms with Crippen molar-refractivity contribution in [3.8, 4) is 22.6 Å². The first-order valence-electron chi connectivity index (χ1n) is 7.91. The van der Waals surface area contributed by atoms with Crippen LogP contribution in [0.25, 0.3) is 11.1 Å². The van der Waals surface area contributed by atoms with Crippen LogP contribution in [0.15, 0.2) is 60.7 Å². The third-order valence-electron chi connectivity index (χ3n) is 4.10. The molecule has 0 spiro atoms. The molecule has 0 aromatic heterocycles. The molecule has 0 saturated heterocycles. The van der Waals surface area contributed by atoms with E-state index in [0.717, 1.165) is 11.1 Å². The number of carboxylic acid groups (broad SMARTS) is 1. The van der Waals surface area contributed by atoms with Crippen LogP contribution in [-0.4, -0.2) is 17.9 Å². The number of hydrogen-bond acceptors (Lipinski definition) is 4. The van der Waals surface area contributed by atoms with Gasteiger partial charge >= 0.3 is 5.97 Å². The fourth-order valence-corrected chi connectivity index (χ4v) is 3.18. The normalized spacial score (nSPS) is 12.0. The van der Waals surface area contributed by atoms with Gasteiger partial charge in [0.1, 0.15) is 0 Å². The molecule has 1 heterocycles. The fraction of sp³-hybridized carbons (Fsp3) is 0.0500. The second kappa shape index (κ2) is 6.61. The third kappa shape index (κ3) is 2.93. The Balaban J connectivity index is 1.80. The topological polar surface area (TPSA) is 67.8 Å². The minimum absolute atomic E-state index is 0.184. The van der Waals surface area contributed by atoms with E-state index < -0.39 is 5.97 Å². The van der Waals surface area contributed by atoms with Gasteiger partial charge in [-0.2, -0.15) is 0 Å². The zero-order chi connectivity index (χ0) is 18.1. The van der Waals surface area contributed by atoms with Crippen molar-refractivity contribution in [1.82, 2.24) is 0 Å². The number of fused-ring (bicyclic) bond motifs is 1. The van der Waals surface area contributed by atoms with Crippen molar-refractivity contribution in [1.29, 1.82) is 0 Å². The number of halogens is 1. The standard InChI is InChI=1S/C20H14ClNO4/c21-14-5-3-7-16(22-15-6-2-1-4-13(15)20(23)24)19(14)12-8-9-17-18(10-12)26-11-25-17/h1-10,22H,11H2,(H,23,24). The van der Waals surface area contributed by atoms with Crippen LogP contribution < -0.4 is 14.8 Å². The van der Waals surface area contributed by atoms with E-state index in [9.17, 15) is 9.90 Å². The number of aromatic carboxylic acids is 1. The number of ether oxygens (including phenoxy) is 2. The third-order valence-corrected chi connectivity index (χ3v) is 4.42. The molecule has 130 valence electrons. The van der Waals surface area contributed by atoms with Gasteiger partial charge in [0.2, 0.25) is 6.79 Å². The molecule has 0 bridgehead atoms. The maximum Gasteiger partial charge on any atom is 0.337 e. The average molecular weight is 368 g/mol. The summed E-state index contributed by atoms with van der Waals surface area (Å²) < 4.78 is 10.8. The summed E-state index contributed by atoms with van der Waals surface area (Å²) in [4.78, 5) is 11.5. The zero-order valence-corrected chi connectivity index (χ0v) is 14.3. The maximum atomic E-state index is 11.5. The molecule has 26 heavy (non-hydrogen) atoms. The number of carboxylic acids is 1. The van der Waals surface area contributed by atoms with E-state index in [1.165, 1.54) is 0 Å². The van der Waals surface area contributed by atoms with Crippen LogP contribution in [0.1, 0.15) is 10.4 Å². The summed E-state index contributed by atoms with van der Waals surface area (Å²) in [6, 6.07) is 17.8. The van der Waals surface area contributed by atoms with Gasteiger partial charge in [-0.15, -0.1) is 0 Å². The second-order valence-corrected chi connectivity index (χ2v) is 6.11. The predicted molar refractivity (Wildman–Crippen MR) is 99.7 cm³/mol. The molecule has 2 N–H and O–H groups in total. The number of anilines is 2. The molecular formula is C20H14ClNO4. The summed E-state index contributed by atoms with van der Waals surface area (Å²) in [5.41, 5.74) is 2.97. The van der Waals surface area contributed by atoms with Gasteiger partial charge in [-0.1, -0.05) is 35.9 Å². The Morgan fingerprint density at radius 2 is 1.73 bits per heavy atom. The largest absolute Gasteiger partial charge is 0.478 e. The van der Waals surface area contributed by atoms with Crippen molar-refractivity contribution in [3.63, 3.8) is 0 Å². The fourth-order valence-electron chi connectivity index (χ4n) is 2.90. The molecule has 6 heteroatoms. The molecule has 4 rings (SSSR count). The molecule has 0 saturated carbocycles. The van der Waals surface area contributed by atoms with Crippen molar-refractivity contribution < 1.29 is 19.4 Å². The highest BCUT2D eigenvalue weighted by atomic mass is 35.5. The van der Waals surface area contributed by atoms with E-state index in [-0.39, 0.29) is 12.4 Å². The number of carbonyl (C=O) groups is 1. The maximum absolute atomic E-state index is 11.5. The summed E-state index contributed by atoms with van der Waals surface area (Å²) in [6.07, 6.45) is 0. The van der Waals surface area contributed by atoms with Crippen LogP contribution in [0, 0.1) is 0 Å². The predicted octanol–water partition coefficient (Wildman–Crippen LogP) is 5.18. The van der Waals surface area contributed by atoms with Gasteiger partial charge in [-0.3, -0.25) is 0 Å². The molecule has 0 aliphatic carbocycles. The number of rotatable bonds is 4. The first kappa shape index (κ1) is 16.3. The van der Waals surface area contributed by atoms with E-state index in [4.69, 9.17) is 21.1 Å². The molecule has 0 amide bonds. The van der Waals surface area contributed by atoms with E-state index in [1.54, 1.807) is 30.3 Å². The lowest BCUT2D eigenvalue weighted by Crippen LogP contribution is -2.03. The van der Waals surface area contributed by atoms with Gasteiger partial charge in [0, 0.05) is 11.3 Å².